The number of alkyl halides is 3. The Morgan fingerprint density at radius 3 is 2.58 bits per heavy atom. The maximum atomic E-state index is 13.2. The van der Waals surface area contributed by atoms with Crippen molar-refractivity contribution in [2.75, 3.05) is 0 Å². The summed E-state index contributed by atoms with van der Waals surface area (Å²) in [4.78, 5) is 11.6. The number of nitrogens with zero attached hydrogens (tertiary/aromatic N) is 3. The topological polar surface area (TPSA) is 91.8 Å². The molecule has 1 aromatic carbocycles. The van der Waals surface area contributed by atoms with Gasteiger partial charge in [0.1, 0.15) is 0 Å². The second-order valence-corrected chi connectivity index (χ2v) is 5.49. The van der Waals surface area contributed by atoms with E-state index in [9.17, 15) is 23.1 Å². The van der Waals surface area contributed by atoms with Crippen LogP contribution in [0.1, 0.15) is 42.6 Å². The second-order valence-electron chi connectivity index (χ2n) is 5.49. The lowest BCUT2D eigenvalue weighted by Crippen LogP contribution is -2.25. The summed E-state index contributed by atoms with van der Waals surface area (Å²) in [5, 5.41) is 22.5. The molecule has 9 heteroatoms. The zero-order chi connectivity index (χ0) is 17.7. The molecule has 2 atom stereocenters. The van der Waals surface area contributed by atoms with Crippen LogP contribution in [0.2, 0.25) is 0 Å². The number of benzene rings is 1. The third kappa shape index (κ3) is 4.09. The van der Waals surface area contributed by atoms with E-state index in [0.29, 0.717) is 12.8 Å². The van der Waals surface area contributed by atoms with Gasteiger partial charge in [0.25, 0.3) is 0 Å². The van der Waals surface area contributed by atoms with E-state index in [2.05, 4.69) is 20.6 Å². The van der Waals surface area contributed by atoms with Gasteiger partial charge in [-0.15, -0.1) is 5.10 Å². The van der Waals surface area contributed by atoms with Crippen molar-refractivity contribution in [1.29, 1.82) is 0 Å². The molecule has 0 amide bonds. The molecule has 2 aromatic rings. The van der Waals surface area contributed by atoms with Crippen molar-refractivity contribution in [3.05, 3.63) is 41.2 Å². The van der Waals surface area contributed by atoms with E-state index in [1.54, 1.807) is 0 Å². The first-order valence-corrected chi connectivity index (χ1v) is 7.46. The third-order valence-corrected chi connectivity index (χ3v) is 3.88. The van der Waals surface area contributed by atoms with Gasteiger partial charge >= 0.3 is 12.1 Å². The summed E-state index contributed by atoms with van der Waals surface area (Å²) < 4.78 is 39.6. The van der Waals surface area contributed by atoms with Gasteiger partial charge < -0.3 is 5.11 Å². The Hall–Kier alpha value is -2.45. The van der Waals surface area contributed by atoms with Gasteiger partial charge in [-0.25, -0.2) is 5.10 Å². The molecule has 0 saturated carbocycles. The molecule has 24 heavy (non-hydrogen) atoms. The van der Waals surface area contributed by atoms with E-state index >= 15 is 0 Å². The highest BCUT2D eigenvalue weighted by atomic mass is 19.4. The van der Waals surface area contributed by atoms with Crippen molar-refractivity contribution in [2.45, 2.75) is 38.3 Å². The second kappa shape index (κ2) is 7.41. The molecule has 0 radical (unpaired) electrons. The number of nitrogens with one attached hydrogen (secondary N) is 1. The Morgan fingerprint density at radius 1 is 1.33 bits per heavy atom. The number of H-pyrrole nitrogens is 1. The largest absolute Gasteiger partial charge is 0.481 e. The zero-order valence-corrected chi connectivity index (χ0v) is 12.9. The van der Waals surface area contributed by atoms with Crippen molar-refractivity contribution in [3.8, 4) is 0 Å². The number of aromatic amines is 1. The number of tetrazole rings is 1. The number of carboxylic acids is 1. The van der Waals surface area contributed by atoms with E-state index in [4.69, 9.17) is 0 Å². The lowest BCUT2D eigenvalue weighted by Gasteiger charge is -2.23. The third-order valence-electron chi connectivity index (χ3n) is 3.88. The number of aliphatic carboxylic acids is 1. The van der Waals surface area contributed by atoms with Crippen LogP contribution in [0.3, 0.4) is 0 Å². The van der Waals surface area contributed by atoms with Gasteiger partial charge in [-0.1, -0.05) is 31.5 Å². The number of carbonyl (C=O) groups is 1. The molecule has 0 spiro atoms. The summed E-state index contributed by atoms with van der Waals surface area (Å²) in [7, 11) is 0. The first-order chi connectivity index (χ1) is 11.3. The smallest absolute Gasteiger partial charge is 0.416 e. The van der Waals surface area contributed by atoms with Crippen LogP contribution in [0.25, 0.3) is 0 Å². The van der Waals surface area contributed by atoms with Crippen LogP contribution in [0, 0.1) is 5.92 Å². The van der Waals surface area contributed by atoms with Crippen LogP contribution in [0.5, 0.6) is 0 Å². The van der Waals surface area contributed by atoms with Crippen LogP contribution >= 0.6 is 0 Å². The molecule has 6 nitrogen and oxygen atoms in total. The molecule has 0 unspecified atom stereocenters. The Balaban J connectivity index is 2.42. The molecule has 2 N–H and O–H groups in total. The molecule has 0 aliphatic carbocycles. The quantitative estimate of drug-likeness (QED) is 0.807. The summed E-state index contributed by atoms with van der Waals surface area (Å²) in [5.74, 6) is -2.57. The number of aromatic nitrogens is 4. The van der Waals surface area contributed by atoms with Crippen LogP contribution < -0.4 is 0 Å². The summed E-state index contributed by atoms with van der Waals surface area (Å²) >= 11 is 0. The van der Waals surface area contributed by atoms with E-state index in [-0.39, 0.29) is 17.8 Å². The zero-order valence-electron chi connectivity index (χ0n) is 12.9. The molecule has 0 bridgehead atoms. The van der Waals surface area contributed by atoms with Crippen molar-refractivity contribution < 1.29 is 23.1 Å². The summed E-state index contributed by atoms with van der Waals surface area (Å²) in [6.07, 6.45) is -3.74. The lowest BCUT2D eigenvalue weighted by atomic mass is 9.82. The molecule has 0 aliphatic rings. The molecule has 2 rings (SSSR count). The number of halogens is 3. The summed E-state index contributed by atoms with van der Waals surface area (Å²) in [5.41, 5.74) is -0.753. The van der Waals surface area contributed by atoms with Gasteiger partial charge in [0.2, 0.25) is 0 Å². The average molecular weight is 342 g/mol. The van der Waals surface area contributed by atoms with E-state index in [0.717, 1.165) is 6.07 Å². The van der Waals surface area contributed by atoms with Crippen LogP contribution in [-0.4, -0.2) is 31.7 Å². The van der Waals surface area contributed by atoms with Gasteiger partial charge in [0.15, 0.2) is 5.82 Å². The molecule has 1 aromatic heterocycles. The molecule has 1 heterocycles. The highest BCUT2D eigenvalue weighted by Crippen LogP contribution is 2.36. The van der Waals surface area contributed by atoms with Crippen LogP contribution in [0.4, 0.5) is 13.2 Å². The van der Waals surface area contributed by atoms with E-state index in [1.807, 2.05) is 6.92 Å². The fourth-order valence-electron chi connectivity index (χ4n) is 2.77. The molecule has 0 fully saturated rings. The SMILES string of the molecule is CCC[C@H](C(=O)O)[C@@H](Cc1ccccc1C(F)(F)F)c1nnn[nH]1. The fraction of sp³-hybridized carbons (Fsp3) is 0.467. The van der Waals surface area contributed by atoms with Gasteiger partial charge in [0, 0.05) is 5.92 Å². The van der Waals surface area contributed by atoms with Crippen molar-refractivity contribution >= 4 is 5.97 Å². The highest BCUT2D eigenvalue weighted by molar-refractivity contribution is 5.71. The number of hydrogen-bond acceptors (Lipinski definition) is 4. The van der Waals surface area contributed by atoms with Crippen molar-refractivity contribution in [3.63, 3.8) is 0 Å². The normalized spacial score (nSPS) is 14.3. The number of carboxylic acid groups (broad SMARTS) is 1. The van der Waals surface area contributed by atoms with Crippen LogP contribution in [-0.2, 0) is 17.4 Å². The monoisotopic (exact) mass is 342 g/mol. The fourth-order valence-corrected chi connectivity index (χ4v) is 2.77. The predicted molar refractivity (Wildman–Crippen MR) is 78.1 cm³/mol. The Bertz CT molecular complexity index is 674. The average Bonchev–Trinajstić information content (AvgIpc) is 3.04. The van der Waals surface area contributed by atoms with Gasteiger partial charge in [0.05, 0.1) is 11.5 Å². The number of rotatable bonds is 7. The maximum absolute atomic E-state index is 13.2. The number of hydrogen-bond donors (Lipinski definition) is 2. The minimum atomic E-state index is -4.51. The Labute approximate surface area is 136 Å². The van der Waals surface area contributed by atoms with Gasteiger partial charge in [-0.05, 0) is 34.9 Å². The first-order valence-electron chi connectivity index (χ1n) is 7.46. The Kier molecular flexibility index (Phi) is 5.53. The minimum Gasteiger partial charge on any atom is -0.481 e. The van der Waals surface area contributed by atoms with Gasteiger partial charge in [-0.3, -0.25) is 4.79 Å². The minimum absolute atomic E-state index is 0.0220. The highest BCUT2D eigenvalue weighted by Gasteiger charge is 2.36. The van der Waals surface area contributed by atoms with Crippen LogP contribution in [0.15, 0.2) is 24.3 Å². The molecule has 0 aliphatic heterocycles. The molecule has 0 saturated heterocycles. The van der Waals surface area contributed by atoms with E-state index in [1.165, 1.54) is 18.2 Å². The van der Waals surface area contributed by atoms with Crippen molar-refractivity contribution in [1.82, 2.24) is 20.6 Å². The molecular weight excluding hydrogens is 325 g/mol. The van der Waals surface area contributed by atoms with E-state index < -0.39 is 29.5 Å². The lowest BCUT2D eigenvalue weighted by molar-refractivity contribution is -0.143. The molecule has 130 valence electrons. The molecular formula is C15H17F3N4O2. The maximum Gasteiger partial charge on any atom is 0.416 e. The van der Waals surface area contributed by atoms with Crippen molar-refractivity contribution in [2.24, 2.45) is 5.92 Å². The predicted octanol–water partition coefficient (Wildman–Crippen LogP) is 3.05. The standard InChI is InChI=1S/C15H17F3N4O2/c1-2-5-10(14(23)24)11(13-19-21-22-20-13)8-9-6-3-4-7-12(9)15(16,17)18/h3-4,6-7,10-11H,2,5,8H2,1H3,(H,23,24)(H,19,20,21,22)/t10-,11+/m0/s1. The summed E-state index contributed by atoms with van der Waals surface area (Å²) in [6.45, 7) is 1.81. The first kappa shape index (κ1) is 17.9. The van der Waals surface area contributed by atoms with Gasteiger partial charge in [-0.2, -0.15) is 13.2 Å². The Morgan fingerprint density at radius 2 is 2.04 bits per heavy atom. The summed E-state index contributed by atoms with van der Waals surface area (Å²) in [6, 6.07) is 5.14.